The second-order valence-corrected chi connectivity index (χ2v) is 5.64. The lowest BCUT2D eigenvalue weighted by atomic mass is 10.2. The molecule has 0 heterocycles. The first-order valence-corrected chi connectivity index (χ1v) is 7.67. The summed E-state index contributed by atoms with van der Waals surface area (Å²) in [5.41, 5.74) is 1.22. The van der Waals surface area contributed by atoms with Crippen molar-refractivity contribution in [2.75, 3.05) is 11.9 Å². The highest BCUT2D eigenvalue weighted by Gasteiger charge is 2.24. The lowest BCUT2D eigenvalue weighted by Gasteiger charge is -2.27. The third-order valence-electron chi connectivity index (χ3n) is 4.05. The van der Waals surface area contributed by atoms with Gasteiger partial charge in [-0.2, -0.15) is 5.26 Å². The van der Waals surface area contributed by atoms with Crippen molar-refractivity contribution >= 4 is 17.5 Å². The van der Waals surface area contributed by atoms with Crippen molar-refractivity contribution in [1.29, 1.82) is 5.26 Å². The zero-order chi connectivity index (χ0) is 15.9. The third-order valence-corrected chi connectivity index (χ3v) is 4.05. The van der Waals surface area contributed by atoms with Crippen LogP contribution in [-0.4, -0.2) is 29.3 Å². The topological polar surface area (TPSA) is 73.2 Å². The maximum atomic E-state index is 12.0. The summed E-state index contributed by atoms with van der Waals surface area (Å²) in [6, 6.07) is 9.06. The van der Waals surface area contributed by atoms with Crippen molar-refractivity contribution in [2.24, 2.45) is 0 Å². The van der Waals surface area contributed by atoms with Crippen molar-refractivity contribution < 1.29 is 9.59 Å². The molecule has 0 bridgehead atoms. The zero-order valence-electron chi connectivity index (χ0n) is 12.8. The Labute approximate surface area is 130 Å². The molecule has 5 heteroatoms. The number of amides is 2. The molecule has 2 rings (SSSR count). The minimum absolute atomic E-state index is 0.0399. The quantitative estimate of drug-likeness (QED) is 0.908. The van der Waals surface area contributed by atoms with Crippen molar-refractivity contribution in [1.82, 2.24) is 4.90 Å². The molecule has 0 saturated heterocycles. The molecule has 0 unspecified atom stereocenters. The average molecular weight is 299 g/mol. The molecule has 116 valence electrons. The fraction of sp³-hybridized carbons (Fsp3) is 0.471. The predicted octanol–water partition coefficient (Wildman–Crippen LogP) is 2.68. The Morgan fingerprint density at radius 1 is 1.27 bits per heavy atom. The third kappa shape index (κ3) is 4.32. The minimum atomic E-state index is -0.117. The summed E-state index contributed by atoms with van der Waals surface area (Å²) in [6.07, 6.45) is 4.68. The molecule has 0 aromatic heterocycles. The first-order valence-electron chi connectivity index (χ1n) is 7.67. The molecule has 1 aliphatic carbocycles. The van der Waals surface area contributed by atoms with E-state index in [1.807, 2.05) is 11.0 Å². The van der Waals surface area contributed by atoms with Crippen LogP contribution in [-0.2, 0) is 9.59 Å². The summed E-state index contributed by atoms with van der Waals surface area (Å²) in [7, 11) is 0. The van der Waals surface area contributed by atoms with E-state index >= 15 is 0 Å². The number of carbonyl (C=O) groups is 2. The van der Waals surface area contributed by atoms with Gasteiger partial charge in [0, 0.05) is 31.6 Å². The van der Waals surface area contributed by atoms with Crippen molar-refractivity contribution in [3.8, 4) is 6.07 Å². The molecular weight excluding hydrogens is 278 g/mol. The number of benzene rings is 1. The van der Waals surface area contributed by atoms with Gasteiger partial charge in [0.05, 0.1) is 11.6 Å². The molecule has 0 aliphatic heterocycles. The smallest absolute Gasteiger partial charge is 0.226 e. The second kappa shape index (κ2) is 7.60. The molecule has 0 radical (unpaired) electrons. The van der Waals surface area contributed by atoms with Crippen LogP contribution in [0.15, 0.2) is 24.3 Å². The fourth-order valence-electron chi connectivity index (χ4n) is 2.89. The Hall–Kier alpha value is -2.35. The summed E-state index contributed by atoms with van der Waals surface area (Å²) in [6.45, 7) is 2.03. The van der Waals surface area contributed by atoms with Gasteiger partial charge in [-0.15, -0.1) is 0 Å². The van der Waals surface area contributed by atoms with Gasteiger partial charge < -0.3 is 10.2 Å². The molecule has 0 atom stereocenters. The molecule has 1 aromatic rings. The van der Waals surface area contributed by atoms with Crippen LogP contribution in [0.3, 0.4) is 0 Å². The highest BCUT2D eigenvalue weighted by molar-refractivity contribution is 5.91. The van der Waals surface area contributed by atoms with Gasteiger partial charge in [-0.3, -0.25) is 9.59 Å². The number of hydrogen-bond donors (Lipinski definition) is 1. The molecule has 1 aliphatic rings. The van der Waals surface area contributed by atoms with Crippen molar-refractivity contribution in [3.05, 3.63) is 29.8 Å². The lowest BCUT2D eigenvalue weighted by molar-refractivity contribution is -0.131. The van der Waals surface area contributed by atoms with Gasteiger partial charge in [0.25, 0.3) is 0 Å². The first kappa shape index (κ1) is 16.0. The SMILES string of the molecule is CC(=O)N(CCC(=O)Nc1ccc(C#N)cc1)C1CCCC1. The van der Waals surface area contributed by atoms with Gasteiger partial charge in [0.2, 0.25) is 11.8 Å². The molecule has 0 spiro atoms. The Morgan fingerprint density at radius 3 is 2.45 bits per heavy atom. The molecular formula is C17H21N3O2. The Bertz CT molecular complexity index is 569. The molecule has 5 nitrogen and oxygen atoms in total. The van der Waals surface area contributed by atoms with E-state index in [0.717, 1.165) is 25.7 Å². The lowest BCUT2D eigenvalue weighted by Crippen LogP contribution is -2.39. The Balaban J connectivity index is 1.85. The van der Waals surface area contributed by atoms with E-state index in [9.17, 15) is 9.59 Å². The summed E-state index contributed by atoms with van der Waals surface area (Å²) in [5, 5.41) is 11.5. The van der Waals surface area contributed by atoms with Gasteiger partial charge in [-0.05, 0) is 37.1 Å². The van der Waals surface area contributed by atoms with Crippen LogP contribution < -0.4 is 5.32 Å². The van der Waals surface area contributed by atoms with E-state index in [0.29, 0.717) is 23.8 Å². The molecule has 1 aromatic carbocycles. The van der Waals surface area contributed by atoms with E-state index in [-0.39, 0.29) is 18.2 Å². The standard InChI is InChI=1S/C17H21N3O2/c1-13(21)20(16-4-2-3-5-16)11-10-17(22)19-15-8-6-14(12-18)7-9-15/h6-9,16H,2-5,10-11H2,1H3,(H,19,22). The van der Waals surface area contributed by atoms with Crippen LogP contribution in [0.2, 0.25) is 0 Å². The molecule has 1 N–H and O–H groups in total. The average Bonchev–Trinajstić information content (AvgIpc) is 3.02. The Kier molecular flexibility index (Phi) is 5.54. The summed E-state index contributed by atoms with van der Waals surface area (Å²) in [5.74, 6) is -0.0768. The maximum absolute atomic E-state index is 12.0. The first-order chi connectivity index (χ1) is 10.6. The second-order valence-electron chi connectivity index (χ2n) is 5.64. The normalized spacial score (nSPS) is 14.4. The zero-order valence-corrected chi connectivity index (χ0v) is 12.8. The number of nitrogens with zero attached hydrogens (tertiary/aromatic N) is 2. The van der Waals surface area contributed by atoms with Crippen LogP contribution in [0.5, 0.6) is 0 Å². The van der Waals surface area contributed by atoms with Gasteiger partial charge in [0.15, 0.2) is 0 Å². The number of carbonyl (C=O) groups excluding carboxylic acids is 2. The van der Waals surface area contributed by atoms with Crippen LogP contribution in [0, 0.1) is 11.3 Å². The van der Waals surface area contributed by atoms with E-state index in [2.05, 4.69) is 5.32 Å². The summed E-state index contributed by atoms with van der Waals surface area (Å²) >= 11 is 0. The largest absolute Gasteiger partial charge is 0.339 e. The van der Waals surface area contributed by atoms with Crippen LogP contribution in [0.4, 0.5) is 5.69 Å². The number of nitriles is 1. The minimum Gasteiger partial charge on any atom is -0.339 e. The summed E-state index contributed by atoms with van der Waals surface area (Å²) < 4.78 is 0. The van der Waals surface area contributed by atoms with Crippen LogP contribution in [0.1, 0.15) is 44.6 Å². The number of nitrogens with one attached hydrogen (secondary N) is 1. The van der Waals surface area contributed by atoms with E-state index in [4.69, 9.17) is 5.26 Å². The molecule has 1 saturated carbocycles. The van der Waals surface area contributed by atoms with Crippen LogP contribution in [0.25, 0.3) is 0 Å². The number of rotatable bonds is 5. The number of anilines is 1. The molecule has 2 amide bonds. The summed E-state index contributed by atoms with van der Waals surface area (Å²) in [4.78, 5) is 25.6. The van der Waals surface area contributed by atoms with Crippen LogP contribution >= 0.6 is 0 Å². The molecule has 1 fully saturated rings. The predicted molar refractivity (Wildman–Crippen MR) is 84.0 cm³/mol. The van der Waals surface area contributed by atoms with Gasteiger partial charge in [-0.1, -0.05) is 12.8 Å². The fourth-order valence-corrected chi connectivity index (χ4v) is 2.89. The highest BCUT2D eigenvalue weighted by Crippen LogP contribution is 2.23. The maximum Gasteiger partial charge on any atom is 0.226 e. The van der Waals surface area contributed by atoms with E-state index in [1.54, 1.807) is 31.2 Å². The van der Waals surface area contributed by atoms with Gasteiger partial charge >= 0.3 is 0 Å². The monoisotopic (exact) mass is 299 g/mol. The Morgan fingerprint density at radius 2 is 1.91 bits per heavy atom. The number of hydrogen-bond acceptors (Lipinski definition) is 3. The highest BCUT2D eigenvalue weighted by atomic mass is 16.2. The van der Waals surface area contributed by atoms with Gasteiger partial charge in [0.1, 0.15) is 0 Å². The van der Waals surface area contributed by atoms with Gasteiger partial charge in [-0.25, -0.2) is 0 Å². The molecule has 22 heavy (non-hydrogen) atoms. The van der Waals surface area contributed by atoms with E-state index in [1.165, 1.54) is 0 Å². The van der Waals surface area contributed by atoms with Crippen molar-refractivity contribution in [3.63, 3.8) is 0 Å². The van der Waals surface area contributed by atoms with Crippen molar-refractivity contribution in [2.45, 2.75) is 45.1 Å². The van der Waals surface area contributed by atoms with E-state index < -0.39 is 0 Å².